The third kappa shape index (κ3) is 2.18. The molecule has 1 heterocycles. The van der Waals surface area contributed by atoms with E-state index < -0.39 is 12.1 Å². The van der Waals surface area contributed by atoms with Gasteiger partial charge in [-0.1, -0.05) is 12.1 Å². The van der Waals surface area contributed by atoms with Gasteiger partial charge in [-0.15, -0.1) is 0 Å². The lowest BCUT2D eigenvalue weighted by Gasteiger charge is -1.99. The van der Waals surface area contributed by atoms with Crippen molar-refractivity contribution in [2.24, 2.45) is 5.73 Å². The van der Waals surface area contributed by atoms with Crippen molar-refractivity contribution in [3.8, 4) is 0 Å². The average molecular weight is 195 g/mol. The highest BCUT2D eigenvalue weighted by Gasteiger charge is 2.38. The lowest BCUT2D eigenvalue weighted by Crippen LogP contribution is -2.11. The fraction of sp³-hybridized carbons (Fsp3) is 0.667. The van der Waals surface area contributed by atoms with Crippen LogP contribution in [0.15, 0.2) is 4.52 Å². The molecule has 0 saturated carbocycles. The first-order chi connectivity index (χ1) is 5.95. The molecular formula is C6H8F3N3O. The maximum absolute atomic E-state index is 11.9. The fourth-order valence-electron chi connectivity index (χ4n) is 0.656. The predicted molar refractivity (Wildman–Crippen MR) is 36.8 cm³/mol. The lowest BCUT2D eigenvalue weighted by atomic mass is 10.2. The minimum absolute atomic E-state index is 0.0187. The van der Waals surface area contributed by atoms with Gasteiger partial charge in [0.2, 0.25) is 0 Å². The molecule has 0 amide bonds. The van der Waals surface area contributed by atoms with Crippen LogP contribution < -0.4 is 5.73 Å². The smallest absolute Gasteiger partial charge is 0.330 e. The number of hydrogen-bond donors (Lipinski definition) is 1. The molecule has 0 aliphatic carbocycles. The molecule has 2 N–H and O–H groups in total. The van der Waals surface area contributed by atoms with Gasteiger partial charge in [-0.3, -0.25) is 0 Å². The highest BCUT2D eigenvalue weighted by atomic mass is 19.4. The molecule has 1 unspecified atom stereocenters. The molecule has 0 radical (unpaired) electrons. The topological polar surface area (TPSA) is 64.9 Å². The van der Waals surface area contributed by atoms with Crippen LogP contribution in [0.5, 0.6) is 0 Å². The second-order valence-corrected chi connectivity index (χ2v) is 2.59. The van der Waals surface area contributed by atoms with Crippen molar-refractivity contribution in [2.45, 2.75) is 19.0 Å². The molecule has 13 heavy (non-hydrogen) atoms. The van der Waals surface area contributed by atoms with E-state index in [1.165, 1.54) is 0 Å². The molecule has 0 bridgehead atoms. The Morgan fingerprint density at radius 2 is 2.15 bits per heavy atom. The summed E-state index contributed by atoms with van der Waals surface area (Å²) in [5, 5.41) is 3.17. The highest BCUT2D eigenvalue weighted by molar-refractivity contribution is 4.96. The zero-order chi connectivity index (χ0) is 10.1. The van der Waals surface area contributed by atoms with E-state index in [-0.39, 0.29) is 18.3 Å². The van der Waals surface area contributed by atoms with Crippen LogP contribution in [0.25, 0.3) is 0 Å². The van der Waals surface area contributed by atoms with E-state index in [1.54, 1.807) is 6.92 Å². The molecule has 0 aliphatic heterocycles. The summed E-state index contributed by atoms with van der Waals surface area (Å²) in [6, 6.07) is 0. The Balaban J connectivity index is 2.87. The standard InChI is InChI=1S/C6H8F3N3O/c1-3(2-10)4-11-5(13-12-4)6(7,8)9/h3H,2,10H2,1H3. The maximum atomic E-state index is 11.9. The molecule has 1 rings (SSSR count). The van der Waals surface area contributed by atoms with E-state index in [0.29, 0.717) is 0 Å². The van der Waals surface area contributed by atoms with E-state index in [4.69, 9.17) is 5.73 Å². The first-order valence-electron chi connectivity index (χ1n) is 3.56. The number of hydrogen-bond acceptors (Lipinski definition) is 4. The summed E-state index contributed by atoms with van der Waals surface area (Å²) in [6.07, 6.45) is -4.58. The Morgan fingerprint density at radius 1 is 1.54 bits per heavy atom. The zero-order valence-electron chi connectivity index (χ0n) is 6.80. The molecular weight excluding hydrogens is 187 g/mol. The molecule has 0 saturated heterocycles. The molecule has 0 aromatic carbocycles. The average Bonchev–Trinajstić information content (AvgIpc) is 2.50. The minimum atomic E-state index is -4.58. The van der Waals surface area contributed by atoms with Crippen molar-refractivity contribution in [1.82, 2.24) is 10.1 Å². The molecule has 1 aromatic heterocycles. The highest BCUT2D eigenvalue weighted by Crippen LogP contribution is 2.28. The first kappa shape index (κ1) is 9.97. The summed E-state index contributed by atoms with van der Waals surface area (Å²) >= 11 is 0. The van der Waals surface area contributed by atoms with Gasteiger partial charge in [0.05, 0.1) is 0 Å². The number of halogens is 3. The van der Waals surface area contributed by atoms with Gasteiger partial charge < -0.3 is 10.3 Å². The fourth-order valence-corrected chi connectivity index (χ4v) is 0.656. The summed E-state index contributed by atoms with van der Waals surface area (Å²) in [5.74, 6) is -1.68. The van der Waals surface area contributed by atoms with Gasteiger partial charge in [0.25, 0.3) is 0 Å². The van der Waals surface area contributed by atoms with Crippen molar-refractivity contribution in [1.29, 1.82) is 0 Å². The van der Waals surface area contributed by atoms with E-state index in [0.717, 1.165) is 0 Å². The summed E-state index contributed by atoms with van der Waals surface area (Å²) in [6.45, 7) is 1.79. The van der Waals surface area contributed by atoms with Gasteiger partial charge in [0, 0.05) is 12.5 Å². The SMILES string of the molecule is CC(CN)c1noc(C(F)(F)F)n1. The third-order valence-corrected chi connectivity index (χ3v) is 1.48. The van der Waals surface area contributed by atoms with Crippen LogP contribution >= 0.6 is 0 Å². The Labute approximate surface area is 71.9 Å². The minimum Gasteiger partial charge on any atom is -0.330 e. The predicted octanol–water partition coefficient (Wildman–Crippen LogP) is 1.15. The Hall–Kier alpha value is -1.11. The van der Waals surface area contributed by atoms with Gasteiger partial charge >= 0.3 is 12.1 Å². The van der Waals surface area contributed by atoms with Gasteiger partial charge in [-0.05, 0) is 0 Å². The lowest BCUT2D eigenvalue weighted by molar-refractivity contribution is -0.159. The van der Waals surface area contributed by atoms with Crippen LogP contribution in [0.4, 0.5) is 13.2 Å². The normalized spacial score (nSPS) is 14.5. The Morgan fingerprint density at radius 3 is 2.54 bits per heavy atom. The molecule has 4 nitrogen and oxygen atoms in total. The second kappa shape index (κ2) is 3.33. The van der Waals surface area contributed by atoms with Crippen LogP contribution in [-0.4, -0.2) is 16.7 Å². The van der Waals surface area contributed by atoms with Crippen LogP contribution in [0.3, 0.4) is 0 Å². The maximum Gasteiger partial charge on any atom is 0.471 e. The number of nitrogens with two attached hydrogens (primary N) is 1. The first-order valence-corrected chi connectivity index (χ1v) is 3.56. The van der Waals surface area contributed by atoms with Crippen LogP contribution in [0, 0.1) is 0 Å². The van der Waals surface area contributed by atoms with Crippen molar-refractivity contribution in [3.05, 3.63) is 11.7 Å². The van der Waals surface area contributed by atoms with Gasteiger partial charge in [-0.25, -0.2) is 0 Å². The van der Waals surface area contributed by atoms with Gasteiger partial charge in [0.1, 0.15) is 0 Å². The van der Waals surface area contributed by atoms with E-state index in [2.05, 4.69) is 14.7 Å². The summed E-state index contributed by atoms with van der Waals surface area (Å²) < 4.78 is 39.8. The number of aromatic nitrogens is 2. The number of alkyl halides is 3. The number of rotatable bonds is 2. The summed E-state index contributed by atoms with van der Waals surface area (Å²) in [7, 11) is 0. The zero-order valence-corrected chi connectivity index (χ0v) is 6.80. The molecule has 0 fully saturated rings. The quantitative estimate of drug-likeness (QED) is 0.768. The Bertz CT molecular complexity index is 283. The monoisotopic (exact) mass is 195 g/mol. The van der Waals surface area contributed by atoms with Crippen molar-refractivity contribution >= 4 is 0 Å². The number of nitrogens with zero attached hydrogens (tertiary/aromatic N) is 2. The van der Waals surface area contributed by atoms with Crippen LogP contribution in [0.2, 0.25) is 0 Å². The van der Waals surface area contributed by atoms with Crippen molar-refractivity contribution in [3.63, 3.8) is 0 Å². The molecule has 7 heteroatoms. The van der Waals surface area contributed by atoms with Crippen molar-refractivity contribution < 1.29 is 17.7 Å². The molecule has 0 aliphatic rings. The third-order valence-electron chi connectivity index (χ3n) is 1.48. The molecule has 1 atom stereocenters. The second-order valence-electron chi connectivity index (χ2n) is 2.59. The summed E-state index contributed by atoms with van der Waals surface area (Å²) in [4.78, 5) is 3.17. The molecule has 0 spiro atoms. The molecule has 74 valence electrons. The van der Waals surface area contributed by atoms with Crippen molar-refractivity contribution in [2.75, 3.05) is 6.54 Å². The summed E-state index contributed by atoms with van der Waals surface area (Å²) in [5.41, 5.74) is 5.22. The van der Waals surface area contributed by atoms with Crippen LogP contribution in [-0.2, 0) is 6.18 Å². The van der Waals surface area contributed by atoms with Crippen LogP contribution in [0.1, 0.15) is 24.6 Å². The van der Waals surface area contributed by atoms with E-state index >= 15 is 0 Å². The molecule has 1 aromatic rings. The van der Waals surface area contributed by atoms with E-state index in [9.17, 15) is 13.2 Å². The van der Waals surface area contributed by atoms with E-state index in [1.807, 2.05) is 0 Å². The van der Waals surface area contributed by atoms with Gasteiger partial charge in [0.15, 0.2) is 5.82 Å². The largest absolute Gasteiger partial charge is 0.471 e. The Kier molecular flexibility index (Phi) is 2.55. The van der Waals surface area contributed by atoms with Gasteiger partial charge in [-0.2, -0.15) is 18.2 Å².